The van der Waals surface area contributed by atoms with E-state index in [0.29, 0.717) is 42.5 Å². The van der Waals surface area contributed by atoms with Gasteiger partial charge < -0.3 is 24.5 Å². The Kier molecular flexibility index (Phi) is 7.58. The zero-order valence-electron chi connectivity index (χ0n) is 23.8. The van der Waals surface area contributed by atoms with Gasteiger partial charge >= 0.3 is 11.8 Å². The van der Waals surface area contributed by atoms with Crippen molar-refractivity contribution in [3.05, 3.63) is 69.5 Å². The molecule has 0 bridgehead atoms. The highest BCUT2D eigenvalue weighted by molar-refractivity contribution is 5.67. The molecule has 0 spiro atoms. The maximum Gasteiger partial charge on any atom is 0.407 e. The van der Waals surface area contributed by atoms with Gasteiger partial charge in [-0.25, -0.2) is 18.4 Å². The Morgan fingerprint density at radius 1 is 1.10 bits per heavy atom. The molecule has 2 atom stereocenters. The summed E-state index contributed by atoms with van der Waals surface area (Å²) in [5, 5.41) is 9.63. The lowest BCUT2D eigenvalue weighted by Gasteiger charge is -2.45. The second-order valence-corrected chi connectivity index (χ2v) is 10.9. The number of halogens is 2. The first-order chi connectivity index (χ1) is 19.5. The monoisotopic (exact) mass is 568 g/mol. The average Bonchev–Trinajstić information content (AvgIpc) is 2.93. The maximum atomic E-state index is 15.5. The lowest BCUT2D eigenvalue weighted by atomic mass is 10.00. The Morgan fingerprint density at radius 2 is 1.83 bits per heavy atom. The van der Waals surface area contributed by atoms with Crippen LogP contribution < -0.4 is 20.2 Å². The van der Waals surface area contributed by atoms with Crippen LogP contribution in [0.25, 0.3) is 5.69 Å². The Morgan fingerprint density at radius 3 is 2.51 bits per heavy atom. The number of nitrogens with zero attached hydrogens (tertiary/aromatic N) is 6. The van der Waals surface area contributed by atoms with Crippen LogP contribution in [0, 0.1) is 11.6 Å². The molecule has 4 heterocycles. The van der Waals surface area contributed by atoms with E-state index in [-0.39, 0.29) is 42.5 Å². The Hall–Kier alpha value is -4.22. The minimum atomic E-state index is -1.00. The summed E-state index contributed by atoms with van der Waals surface area (Å²) in [4.78, 5) is 39.6. The summed E-state index contributed by atoms with van der Waals surface area (Å²) in [5.74, 6) is -0.487. The van der Waals surface area contributed by atoms with Crippen molar-refractivity contribution in [3.8, 4) is 11.4 Å². The first-order valence-corrected chi connectivity index (χ1v) is 13.7. The van der Waals surface area contributed by atoms with Gasteiger partial charge in [-0.1, -0.05) is 19.9 Å². The minimum Gasteiger partial charge on any atom is -0.494 e. The number of hydrogen-bond donors (Lipinski definition) is 1. The van der Waals surface area contributed by atoms with Crippen molar-refractivity contribution < 1.29 is 23.4 Å². The van der Waals surface area contributed by atoms with Crippen LogP contribution in [0.1, 0.15) is 50.6 Å². The standard InChI is InChI=1S/C29H34F2N6O4/c1-16(2)24-26(21(31)9-11-32-24)37-22-15-34(25-20(30)7-6-8-23(25)41-5)12-10-19(22)27(33-28(37)38)35-13-18(4)36(29(39)40)14-17(35)3/h6-9,11,16-18H,10,12-15H2,1-5H3,(H,39,40)/t17-,18+/m0/s1. The first kappa shape index (κ1) is 28.3. The van der Waals surface area contributed by atoms with Crippen molar-refractivity contribution in [2.24, 2.45) is 0 Å². The molecule has 218 valence electrons. The summed E-state index contributed by atoms with van der Waals surface area (Å²) in [5.41, 5.74) is 1.22. The van der Waals surface area contributed by atoms with E-state index >= 15 is 8.78 Å². The Bertz CT molecular complexity index is 1540. The number of pyridine rings is 1. The molecule has 0 radical (unpaired) electrons. The summed E-state index contributed by atoms with van der Waals surface area (Å²) in [6.45, 7) is 8.48. The molecule has 0 saturated carbocycles. The van der Waals surface area contributed by atoms with E-state index in [1.807, 2.05) is 32.6 Å². The van der Waals surface area contributed by atoms with Crippen LogP contribution in [0.3, 0.4) is 0 Å². The molecule has 41 heavy (non-hydrogen) atoms. The van der Waals surface area contributed by atoms with E-state index in [1.165, 1.54) is 34.9 Å². The average molecular weight is 569 g/mol. The van der Waals surface area contributed by atoms with Crippen molar-refractivity contribution >= 4 is 17.6 Å². The number of fused-ring (bicyclic) bond motifs is 1. The van der Waals surface area contributed by atoms with Crippen LogP contribution in [0.2, 0.25) is 0 Å². The van der Waals surface area contributed by atoms with Gasteiger partial charge in [0, 0.05) is 43.5 Å². The number of amides is 1. The van der Waals surface area contributed by atoms with Crippen LogP contribution in [0.4, 0.5) is 25.1 Å². The van der Waals surface area contributed by atoms with Crippen molar-refractivity contribution in [2.75, 3.05) is 36.5 Å². The number of para-hydroxylation sites is 1. The van der Waals surface area contributed by atoms with Gasteiger partial charge in [-0.3, -0.25) is 9.55 Å². The highest BCUT2D eigenvalue weighted by Gasteiger charge is 2.37. The zero-order chi connectivity index (χ0) is 29.6. The quantitative estimate of drug-likeness (QED) is 0.489. The molecule has 2 aliphatic heterocycles. The number of aromatic nitrogens is 3. The maximum absolute atomic E-state index is 15.5. The number of benzene rings is 1. The van der Waals surface area contributed by atoms with Gasteiger partial charge in [0.2, 0.25) is 0 Å². The minimum absolute atomic E-state index is 0.0299. The number of hydrogen-bond acceptors (Lipinski definition) is 7. The Balaban J connectivity index is 1.72. The fourth-order valence-corrected chi connectivity index (χ4v) is 5.92. The summed E-state index contributed by atoms with van der Waals surface area (Å²) >= 11 is 0. The molecule has 1 saturated heterocycles. The van der Waals surface area contributed by atoms with E-state index in [1.54, 1.807) is 17.0 Å². The molecule has 3 aromatic rings. The molecule has 2 aliphatic rings. The van der Waals surface area contributed by atoms with Crippen LogP contribution in [0.15, 0.2) is 35.3 Å². The number of ether oxygens (including phenoxy) is 1. The summed E-state index contributed by atoms with van der Waals surface area (Å²) in [7, 11) is 1.47. The van der Waals surface area contributed by atoms with Crippen LogP contribution in [-0.2, 0) is 13.0 Å². The topological polar surface area (TPSA) is 104 Å². The van der Waals surface area contributed by atoms with Gasteiger partial charge in [0.05, 0.1) is 25.0 Å². The molecule has 10 nitrogen and oxygen atoms in total. The first-order valence-electron chi connectivity index (χ1n) is 13.7. The SMILES string of the molecule is COc1cccc(F)c1N1CCc2c(N3C[C@@H](C)N(C(=O)O)C[C@@H]3C)nc(=O)n(-c3c(F)ccnc3C(C)C)c2C1. The molecule has 1 amide bonds. The second kappa shape index (κ2) is 11.0. The van der Waals surface area contributed by atoms with Crippen molar-refractivity contribution in [3.63, 3.8) is 0 Å². The lowest BCUT2D eigenvalue weighted by Crippen LogP contribution is -2.58. The molecule has 5 rings (SSSR count). The molecule has 1 N–H and O–H groups in total. The molecule has 12 heteroatoms. The number of anilines is 2. The van der Waals surface area contributed by atoms with Gasteiger partial charge in [0.1, 0.15) is 28.8 Å². The number of methoxy groups -OCH3 is 1. The van der Waals surface area contributed by atoms with Gasteiger partial charge in [0.25, 0.3) is 0 Å². The summed E-state index contributed by atoms with van der Waals surface area (Å²) < 4.78 is 37.4. The second-order valence-electron chi connectivity index (χ2n) is 10.9. The summed E-state index contributed by atoms with van der Waals surface area (Å²) in [6.07, 6.45) is 0.751. The van der Waals surface area contributed by atoms with Crippen molar-refractivity contribution in [2.45, 2.75) is 58.7 Å². The number of rotatable bonds is 5. The number of piperazine rings is 1. The Labute approximate surface area is 236 Å². The van der Waals surface area contributed by atoms with Crippen LogP contribution >= 0.6 is 0 Å². The molecule has 1 fully saturated rings. The van der Waals surface area contributed by atoms with Gasteiger partial charge in [-0.05, 0) is 44.4 Å². The van der Waals surface area contributed by atoms with E-state index in [2.05, 4.69) is 9.97 Å². The highest BCUT2D eigenvalue weighted by atomic mass is 19.1. The van der Waals surface area contributed by atoms with E-state index < -0.39 is 23.4 Å². The molecule has 0 aliphatic carbocycles. The fraction of sp³-hybridized carbons (Fsp3) is 0.448. The van der Waals surface area contributed by atoms with Crippen molar-refractivity contribution in [1.82, 2.24) is 19.4 Å². The van der Waals surface area contributed by atoms with Gasteiger partial charge in [-0.15, -0.1) is 0 Å². The predicted molar refractivity (Wildman–Crippen MR) is 150 cm³/mol. The van der Waals surface area contributed by atoms with Crippen LogP contribution in [-0.4, -0.2) is 69.5 Å². The number of carbonyl (C=O) groups is 1. The molecular formula is C29H34F2N6O4. The normalized spacial score (nSPS) is 19.0. The lowest BCUT2D eigenvalue weighted by molar-refractivity contribution is 0.114. The third-order valence-electron chi connectivity index (χ3n) is 7.92. The highest BCUT2D eigenvalue weighted by Crippen LogP contribution is 2.38. The summed E-state index contributed by atoms with van der Waals surface area (Å²) in [6, 6.07) is 5.19. The predicted octanol–water partition coefficient (Wildman–Crippen LogP) is 4.18. The molecule has 0 unspecified atom stereocenters. The van der Waals surface area contributed by atoms with E-state index in [0.717, 1.165) is 5.56 Å². The van der Waals surface area contributed by atoms with Crippen molar-refractivity contribution in [1.29, 1.82) is 0 Å². The number of carboxylic acid groups (broad SMARTS) is 1. The van der Waals surface area contributed by atoms with E-state index in [9.17, 15) is 14.7 Å². The molecule has 1 aromatic carbocycles. The third-order valence-corrected chi connectivity index (χ3v) is 7.92. The van der Waals surface area contributed by atoms with E-state index in [4.69, 9.17) is 4.74 Å². The zero-order valence-corrected chi connectivity index (χ0v) is 23.8. The smallest absolute Gasteiger partial charge is 0.407 e. The fourth-order valence-electron chi connectivity index (χ4n) is 5.92. The van der Waals surface area contributed by atoms with Gasteiger partial charge in [-0.2, -0.15) is 4.98 Å². The van der Waals surface area contributed by atoms with Crippen LogP contribution in [0.5, 0.6) is 5.75 Å². The van der Waals surface area contributed by atoms with Gasteiger partial charge in [0.15, 0.2) is 5.82 Å². The molecule has 2 aromatic heterocycles. The third kappa shape index (κ3) is 4.95. The molecular weight excluding hydrogens is 534 g/mol. The largest absolute Gasteiger partial charge is 0.494 e.